The number of rotatable bonds is 2. The molecule has 1 aromatic rings. The van der Waals surface area contributed by atoms with Gasteiger partial charge >= 0.3 is 0 Å². The molecule has 1 N–H and O–H groups in total. The van der Waals surface area contributed by atoms with Gasteiger partial charge in [-0.15, -0.1) is 0 Å². The first-order valence-corrected chi connectivity index (χ1v) is 6.52. The maximum Gasteiger partial charge on any atom is 0.123 e. The standard InChI is InChI=1S/C14H20N2O/c1-11-9-15-6-7-16(11)10-13-8-12-4-2-3-5-14(12)17-13/h2-5,11,13,15H,6-10H2,1H3/t11-,13?/m1/s1. The molecule has 2 aliphatic heterocycles. The van der Waals surface area contributed by atoms with Gasteiger partial charge < -0.3 is 10.1 Å². The zero-order valence-electron chi connectivity index (χ0n) is 10.4. The van der Waals surface area contributed by atoms with Gasteiger partial charge in [-0.1, -0.05) is 18.2 Å². The molecule has 0 radical (unpaired) electrons. The predicted molar refractivity (Wildman–Crippen MR) is 68.5 cm³/mol. The van der Waals surface area contributed by atoms with Gasteiger partial charge in [0.25, 0.3) is 0 Å². The minimum atomic E-state index is 0.341. The van der Waals surface area contributed by atoms with E-state index in [1.165, 1.54) is 5.56 Å². The van der Waals surface area contributed by atoms with E-state index in [0.29, 0.717) is 12.1 Å². The maximum atomic E-state index is 6.00. The summed E-state index contributed by atoms with van der Waals surface area (Å²) >= 11 is 0. The average Bonchev–Trinajstić information content (AvgIpc) is 2.74. The van der Waals surface area contributed by atoms with E-state index in [-0.39, 0.29) is 0 Å². The average molecular weight is 232 g/mol. The molecule has 0 aromatic heterocycles. The lowest BCUT2D eigenvalue weighted by molar-refractivity contribution is 0.106. The van der Waals surface area contributed by atoms with Crippen molar-refractivity contribution >= 4 is 0 Å². The second-order valence-corrected chi connectivity index (χ2v) is 5.10. The van der Waals surface area contributed by atoms with E-state index in [4.69, 9.17) is 4.74 Å². The Morgan fingerprint density at radius 3 is 3.12 bits per heavy atom. The first kappa shape index (κ1) is 11.1. The molecule has 0 aliphatic carbocycles. The van der Waals surface area contributed by atoms with E-state index < -0.39 is 0 Å². The highest BCUT2D eigenvalue weighted by Gasteiger charge is 2.27. The highest BCUT2D eigenvalue weighted by atomic mass is 16.5. The van der Waals surface area contributed by atoms with Gasteiger partial charge in [0.15, 0.2) is 0 Å². The summed E-state index contributed by atoms with van der Waals surface area (Å²) < 4.78 is 6.00. The lowest BCUT2D eigenvalue weighted by Crippen LogP contribution is -2.52. The quantitative estimate of drug-likeness (QED) is 0.831. The van der Waals surface area contributed by atoms with E-state index in [0.717, 1.165) is 38.3 Å². The topological polar surface area (TPSA) is 24.5 Å². The summed E-state index contributed by atoms with van der Waals surface area (Å²) in [6.07, 6.45) is 1.40. The van der Waals surface area contributed by atoms with Crippen molar-refractivity contribution in [2.24, 2.45) is 0 Å². The first-order valence-electron chi connectivity index (χ1n) is 6.52. The van der Waals surface area contributed by atoms with Gasteiger partial charge in [-0.25, -0.2) is 0 Å². The number of nitrogens with zero attached hydrogens (tertiary/aromatic N) is 1. The SMILES string of the molecule is C[C@@H]1CNCCN1CC1Cc2ccccc2O1. The Bertz CT molecular complexity index is 369. The second-order valence-electron chi connectivity index (χ2n) is 5.10. The molecular formula is C14H20N2O. The number of nitrogens with one attached hydrogen (secondary N) is 1. The minimum Gasteiger partial charge on any atom is -0.488 e. The number of hydrogen-bond acceptors (Lipinski definition) is 3. The molecule has 17 heavy (non-hydrogen) atoms. The number of hydrogen-bond donors (Lipinski definition) is 1. The van der Waals surface area contributed by atoms with Crippen LogP contribution in [-0.4, -0.2) is 43.2 Å². The van der Waals surface area contributed by atoms with Crippen LogP contribution < -0.4 is 10.1 Å². The molecule has 0 bridgehead atoms. The lowest BCUT2D eigenvalue weighted by atomic mass is 10.1. The summed E-state index contributed by atoms with van der Waals surface area (Å²) in [5.74, 6) is 1.08. The molecule has 2 heterocycles. The van der Waals surface area contributed by atoms with Crippen molar-refractivity contribution < 1.29 is 4.74 Å². The number of para-hydroxylation sites is 1. The zero-order chi connectivity index (χ0) is 11.7. The third-order valence-corrected chi connectivity index (χ3v) is 3.79. The van der Waals surface area contributed by atoms with Crippen LogP contribution in [0.25, 0.3) is 0 Å². The van der Waals surface area contributed by atoms with E-state index >= 15 is 0 Å². The minimum absolute atomic E-state index is 0.341. The first-order chi connectivity index (χ1) is 8.33. The van der Waals surface area contributed by atoms with Crippen LogP contribution in [0, 0.1) is 0 Å². The smallest absolute Gasteiger partial charge is 0.123 e. The zero-order valence-corrected chi connectivity index (χ0v) is 10.4. The van der Waals surface area contributed by atoms with Crippen molar-refractivity contribution in [1.29, 1.82) is 0 Å². The van der Waals surface area contributed by atoms with Crippen molar-refractivity contribution in [3.05, 3.63) is 29.8 Å². The Morgan fingerprint density at radius 1 is 1.41 bits per heavy atom. The summed E-state index contributed by atoms with van der Waals surface area (Å²) in [7, 11) is 0. The molecule has 0 spiro atoms. The van der Waals surface area contributed by atoms with Gasteiger partial charge in [0.05, 0.1) is 0 Å². The van der Waals surface area contributed by atoms with Crippen LogP contribution in [0.4, 0.5) is 0 Å². The van der Waals surface area contributed by atoms with Gasteiger partial charge in [-0.05, 0) is 18.6 Å². The molecule has 3 nitrogen and oxygen atoms in total. The highest BCUT2D eigenvalue weighted by Crippen LogP contribution is 2.28. The van der Waals surface area contributed by atoms with Crippen molar-refractivity contribution in [1.82, 2.24) is 10.2 Å². The normalized spacial score (nSPS) is 28.8. The van der Waals surface area contributed by atoms with E-state index in [1.807, 2.05) is 0 Å². The van der Waals surface area contributed by atoms with Gasteiger partial charge in [-0.2, -0.15) is 0 Å². The maximum absolute atomic E-state index is 6.00. The molecule has 1 aromatic carbocycles. The van der Waals surface area contributed by atoms with Crippen LogP contribution in [0.2, 0.25) is 0 Å². The van der Waals surface area contributed by atoms with Crippen molar-refractivity contribution in [3.8, 4) is 5.75 Å². The molecule has 0 amide bonds. The fraction of sp³-hybridized carbons (Fsp3) is 0.571. The predicted octanol–water partition coefficient (Wildman–Crippen LogP) is 1.28. The van der Waals surface area contributed by atoms with Crippen molar-refractivity contribution in [2.45, 2.75) is 25.5 Å². The van der Waals surface area contributed by atoms with E-state index in [1.54, 1.807) is 0 Å². The Hall–Kier alpha value is -1.06. The fourth-order valence-electron chi connectivity index (χ4n) is 2.77. The van der Waals surface area contributed by atoms with Crippen LogP contribution in [0.5, 0.6) is 5.75 Å². The van der Waals surface area contributed by atoms with Crippen LogP contribution in [-0.2, 0) is 6.42 Å². The van der Waals surface area contributed by atoms with Crippen LogP contribution in [0.15, 0.2) is 24.3 Å². The third kappa shape index (κ3) is 2.31. The number of piperazine rings is 1. The van der Waals surface area contributed by atoms with E-state index in [9.17, 15) is 0 Å². The van der Waals surface area contributed by atoms with Gasteiger partial charge in [0.2, 0.25) is 0 Å². The van der Waals surface area contributed by atoms with Gasteiger partial charge in [-0.3, -0.25) is 4.90 Å². The third-order valence-electron chi connectivity index (χ3n) is 3.79. The number of ether oxygens (including phenoxy) is 1. The molecule has 3 heteroatoms. The van der Waals surface area contributed by atoms with Crippen molar-refractivity contribution in [2.75, 3.05) is 26.2 Å². The Labute approximate surface area is 103 Å². The van der Waals surface area contributed by atoms with Gasteiger partial charge in [0.1, 0.15) is 11.9 Å². The molecule has 0 saturated carbocycles. The summed E-state index contributed by atoms with van der Waals surface area (Å²) in [5, 5.41) is 3.42. The Morgan fingerprint density at radius 2 is 2.29 bits per heavy atom. The molecule has 2 atom stereocenters. The highest BCUT2D eigenvalue weighted by molar-refractivity contribution is 5.37. The lowest BCUT2D eigenvalue weighted by Gasteiger charge is -2.35. The molecule has 1 saturated heterocycles. The van der Waals surface area contributed by atoms with E-state index in [2.05, 4.69) is 41.4 Å². The molecule has 1 unspecified atom stereocenters. The molecule has 92 valence electrons. The monoisotopic (exact) mass is 232 g/mol. The Kier molecular flexibility index (Phi) is 3.04. The molecule has 2 aliphatic rings. The largest absolute Gasteiger partial charge is 0.488 e. The second kappa shape index (κ2) is 4.67. The van der Waals surface area contributed by atoms with Crippen LogP contribution in [0.3, 0.4) is 0 Å². The molecule has 3 rings (SSSR count). The molecule has 1 fully saturated rings. The summed E-state index contributed by atoms with van der Waals surface area (Å²) in [4.78, 5) is 2.53. The number of benzene rings is 1. The summed E-state index contributed by atoms with van der Waals surface area (Å²) in [5.41, 5.74) is 1.36. The van der Waals surface area contributed by atoms with Crippen molar-refractivity contribution in [3.63, 3.8) is 0 Å². The number of fused-ring (bicyclic) bond motifs is 1. The fourth-order valence-corrected chi connectivity index (χ4v) is 2.77. The Balaban J connectivity index is 1.61. The van der Waals surface area contributed by atoms with Gasteiger partial charge in [0, 0.05) is 38.6 Å². The summed E-state index contributed by atoms with van der Waals surface area (Å²) in [6, 6.07) is 9.02. The van der Waals surface area contributed by atoms with Crippen LogP contribution >= 0.6 is 0 Å². The summed E-state index contributed by atoms with van der Waals surface area (Å²) in [6.45, 7) is 6.67. The molecular weight excluding hydrogens is 212 g/mol. The van der Waals surface area contributed by atoms with Crippen LogP contribution in [0.1, 0.15) is 12.5 Å².